The quantitative estimate of drug-likeness (QED) is 0.667. The van der Waals surface area contributed by atoms with E-state index in [2.05, 4.69) is 17.1 Å². The predicted octanol–water partition coefficient (Wildman–Crippen LogP) is 2.26. The van der Waals surface area contributed by atoms with Gasteiger partial charge in [-0.1, -0.05) is 18.2 Å². The summed E-state index contributed by atoms with van der Waals surface area (Å²) in [5.74, 6) is 0.180. The lowest BCUT2D eigenvalue weighted by Gasteiger charge is -2.14. The van der Waals surface area contributed by atoms with Gasteiger partial charge in [-0.25, -0.2) is 0 Å². The molecule has 1 aliphatic heterocycles. The van der Waals surface area contributed by atoms with Crippen LogP contribution in [0.25, 0.3) is 17.2 Å². The van der Waals surface area contributed by atoms with Crippen molar-refractivity contribution in [2.45, 2.75) is 6.42 Å². The van der Waals surface area contributed by atoms with Crippen molar-refractivity contribution in [2.75, 3.05) is 0 Å². The van der Waals surface area contributed by atoms with Gasteiger partial charge in [0.2, 0.25) is 0 Å². The first-order valence-corrected chi connectivity index (χ1v) is 4.64. The zero-order valence-corrected chi connectivity index (χ0v) is 7.58. The van der Waals surface area contributed by atoms with E-state index in [0.717, 1.165) is 11.3 Å². The molecule has 1 N–H and O–H groups in total. The number of nitrogens with one attached hydrogen (secondary N) is 1. The van der Waals surface area contributed by atoms with Gasteiger partial charge in [0.25, 0.3) is 0 Å². The Bertz CT molecular complexity index is 507. The van der Waals surface area contributed by atoms with Crippen LogP contribution in [0.5, 0.6) is 0 Å². The third-order valence-corrected chi connectivity index (χ3v) is 2.67. The molecule has 0 unspecified atom stereocenters. The molecule has 3 rings (SSSR count). The van der Waals surface area contributed by atoms with Crippen molar-refractivity contribution in [3.8, 4) is 11.1 Å². The van der Waals surface area contributed by atoms with Crippen molar-refractivity contribution < 1.29 is 4.79 Å². The number of aromatic amines is 1. The molecular formula is C12H9NO. The molecule has 2 aliphatic carbocycles. The van der Waals surface area contributed by atoms with Gasteiger partial charge in [0.05, 0.1) is 0 Å². The lowest BCUT2D eigenvalue weighted by atomic mass is 9.94. The van der Waals surface area contributed by atoms with Gasteiger partial charge < -0.3 is 4.98 Å². The fourth-order valence-corrected chi connectivity index (χ4v) is 1.97. The van der Waals surface area contributed by atoms with Gasteiger partial charge in [-0.05, 0) is 28.8 Å². The Hall–Kier alpha value is -1.83. The summed E-state index contributed by atoms with van der Waals surface area (Å²) in [5.41, 5.74) is 4.55. The van der Waals surface area contributed by atoms with Crippen LogP contribution >= 0.6 is 0 Å². The van der Waals surface area contributed by atoms with E-state index in [0.29, 0.717) is 6.42 Å². The number of hydrogen-bond donors (Lipinski definition) is 1. The Kier molecular flexibility index (Phi) is 1.39. The van der Waals surface area contributed by atoms with Crippen LogP contribution in [0.3, 0.4) is 0 Å². The first kappa shape index (κ1) is 7.56. The van der Waals surface area contributed by atoms with E-state index in [1.165, 1.54) is 11.1 Å². The van der Waals surface area contributed by atoms with Crippen molar-refractivity contribution in [3.63, 3.8) is 0 Å². The number of allylic oxidation sites excluding steroid dienone is 1. The van der Waals surface area contributed by atoms with E-state index in [1.54, 1.807) is 6.08 Å². The molecule has 0 aromatic rings. The number of carbonyl (C=O) groups is 1. The van der Waals surface area contributed by atoms with Gasteiger partial charge >= 0.3 is 0 Å². The third kappa shape index (κ3) is 0.940. The van der Waals surface area contributed by atoms with Gasteiger partial charge in [-0.15, -0.1) is 0 Å². The molecule has 0 saturated heterocycles. The van der Waals surface area contributed by atoms with Crippen LogP contribution in [0.2, 0.25) is 0 Å². The summed E-state index contributed by atoms with van der Waals surface area (Å²) in [4.78, 5) is 14.5. The van der Waals surface area contributed by atoms with Crippen LogP contribution in [-0.2, 0) is 11.2 Å². The zero-order valence-electron chi connectivity index (χ0n) is 7.58. The van der Waals surface area contributed by atoms with Gasteiger partial charge in [0.15, 0.2) is 5.78 Å². The molecule has 0 atom stereocenters. The van der Waals surface area contributed by atoms with Crippen molar-refractivity contribution >= 4 is 11.9 Å². The summed E-state index contributed by atoms with van der Waals surface area (Å²) < 4.78 is 0. The lowest BCUT2D eigenvalue weighted by molar-refractivity contribution is -0.114. The molecule has 0 amide bonds. The van der Waals surface area contributed by atoms with E-state index in [-0.39, 0.29) is 5.78 Å². The van der Waals surface area contributed by atoms with Crippen molar-refractivity contribution in [2.24, 2.45) is 0 Å². The average Bonchev–Trinajstić information content (AvgIpc) is 2.65. The molecule has 2 heteroatoms. The minimum Gasteiger partial charge on any atom is -0.361 e. The molecule has 0 bridgehead atoms. The number of fused-ring (bicyclic) bond motifs is 3. The maximum absolute atomic E-state index is 11.3. The Labute approximate surface area is 81.6 Å². The number of hydrogen-bond acceptors (Lipinski definition) is 1. The van der Waals surface area contributed by atoms with E-state index in [1.807, 2.05) is 18.3 Å². The highest BCUT2D eigenvalue weighted by molar-refractivity contribution is 5.99. The summed E-state index contributed by atoms with van der Waals surface area (Å²) in [5, 5.41) is 0. The zero-order chi connectivity index (χ0) is 9.54. The molecule has 14 heavy (non-hydrogen) atoms. The van der Waals surface area contributed by atoms with Crippen LogP contribution < -0.4 is 0 Å². The molecule has 3 aliphatic rings. The molecular weight excluding hydrogens is 174 g/mol. The topological polar surface area (TPSA) is 32.9 Å². The summed E-state index contributed by atoms with van der Waals surface area (Å²) in [6.45, 7) is 0. The highest BCUT2D eigenvalue weighted by Gasteiger charge is 2.16. The van der Waals surface area contributed by atoms with Crippen molar-refractivity contribution in [3.05, 3.63) is 41.7 Å². The van der Waals surface area contributed by atoms with Gasteiger partial charge in [-0.2, -0.15) is 0 Å². The monoisotopic (exact) mass is 183 g/mol. The molecule has 68 valence electrons. The normalized spacial score (nSPS) is 14.7. The fourth-order valence-electron chi connectivity index (χ4n) is 1.97. The number of aromatic nitrogens is 1. The van der Waals surface area contributed by atoms with E-state index in [9.17, 15) is 4.79 Å². The Balaban J connectivity index is 2.33. The highest BCUT2D eigenvalue weighted by atomic mass is 16.1. The molecule has 0 radical (unpaired) electrons. The fraction of sp³-hybridized carbons (Fsp3) is 0.0833. The number of carbonyl (C=O) groups excluding carboxylic acids is 1. The van der Waals surface area contributed by atoms with E-state index in [4.69, 9.17) is 0 Å². The van der Waals surface area contributed by atoms with Gasteiger partial charge in [-0.3, -0.25) is 4.79 Å². The summed E-state index contributed by atoms with van der Waals surface area (Å²) >= 11 is 0. The largest absolute Gasteiger partial charge is 0.361 e. The number of ketones is 1. The smallest absolute Gasteiger partial charge is 0.160 e. The molecule has 1 heterocycles. The maximum atomic E-state index is 11.3. The Morgan fingerprint density at radius 3 is 3.07 bits per heavy atom. The van der Waals surface area contributed by atoms with Gasteiger partial charge in [0.1, 0.15) is 0 Å². The highest BCUT2D eigenvalue weighted by Crippen LogP contribution is 2.30. The number of rotatable bonds is 0. The van der Waals surface area contributed by atoms with Crippen LogP contribution in [0.4, 0.5) is 0 Å². The molecule has 0 aromatic heterocycles. The second-order valence-electron chi connectivity index (χ2n) is 3.55. The van der Waals surface area contributed by atoms with Crippen LogP contribution in [0.1, 0.15) is 11.3 Å². The minimum absolute atomic E-state index is 0.180. The molecule has 2 nitrogen and oxygen atoms in total. The first-order valence-electron chi connectivity index (χ1n) is 4.64. The second-order valence-corrected chi connectivity index (χ2v) is 3.55. The molecule has 0 aromatic carbocycles. The summed E-state index contributed by atoms with van der Waals surface area (Å²) in [6.07, 6.45) is 5.99. The van der Waals surface area contributed by atoms with Crippen molar-refractivity contribution in [1.82, 2.24) is 4.98 Å². The first-order chi connectivity index (χ1) is 6.84. The standard InChI is InChI=1S/C12H9NO/c14-9-4-5-12-11(6-9)10-3-1-2-8(10)7-13-12/h1-5,7,13H,6H2. The van der Waals surface area contributed by atoms with E-state index < -0.39 is 0 Å². The average molecular weight is 183 g/mol. The van der Waals surface area contributed by atoms with Crippen LogP contribution in [-0.4, -0.2) is 10.8 Å². The van der Waals surface area contributed by atoms with E-state index >= 15 is 0 Å². The molecule has 0 saturated carbocycles. The van der Waals surface area contributed by atoms with Gasteiger partial charge in [0, 0.05) is 18.3 Å². The second kappa shape index (κ2) is 2.58. The summed E-state index contributed by atoms with van der Waals surface area (Å²) in [7, 11) is 0. The van der Waals surface area contributed by atoms with Crippen molar-refractivity contribution in [1.29, 1.82) is 0 Å². The minimum atomic E-state index is 0.180. The molecule has 0 spiro atoms. The van der Waals surface area contributed by atoms with Crippen LogP contribution in [0.15, 0.2) is 30.5 Å². The third-order valence-electron chi connectivity index (χ3n) is 2.67. The van der Waals surface area contributed by atoms with Crippen LogP contribution in [0, 0.1) is 0 Å². The summed E-state index contributed by atoms with van der Waals surface area (Å²) in [6, 6.07) is 6.13. The Morgan fingerprint density at radius 1 is 1.21 bits per heavy atom. The maximum Gasteiger partial charge on any atom is 0.160 e. The predicted molar refractivity (Wildman–Crippen MR) is 55.2 cm³/mol. The Morgan fingerprint density at radius 2 is 2.14 bits per heavy atom. The number of H-pyrrole nitrogens is 1. The molecule has 0 fully saturated rings. The lowest BCUT2D eigenvalue weighted by Crippen LogP contribution is -2.08. The SMILES string of the molecule is O=C1C=Cc2[nH]cc3cccc-3c2C1. The number of pyridine rings is 1.